The number of quaternary nitrogens is 1. The zero-order valence-electron chi connectivity index (χ0n) is 13.5. The number of carboxylic acids is 1. The lowest BCUT2D eigenvalue weighted by Crippen LogP contribution is -2.49. The van der Waals surface area contributed by atoms with Crippen molar-refractivity contribution in [2.24, 2.45) is 0 Å². The van der Waals surface area contributed by atoms with Crippen molar-refractivity contribution in [2.75, 3.05) is 33.7 Å². The molecule has 1 unspecified atom stereocenters. The van der Waals surface area contributed by atoms with E-state index in [0.29, 0.717) is 49.7 Å². The van der Waals surface area contributed by atoms with E-state index in [9.17, 15) is 19.1 Å². The standard InChI is InChI=1S/C15H29FN2O3/c1-4-13(16)8-5-6-9-14(19)17-10-7-11-18(2,3)12-15(20)21/h13H,4-12H2,1-3H3,(H-,17,19,20,21). The summed E-state index contributed by atoms with van der Waals surface area (Å²) in [5.74, 6) is -1.09. The molecule has 0 aliphatic carbocycles. The van der Waals surface area contributed by atoms with Gasteiger partial charge in [-0.3, -0.25) is 4.79 Å². The number of halogens is 1. The van der Waals surface area contributed by atoms with E-state index in [0.717, 1.165) is 6.42 Å². The zero-order chi connectivity index (χ0) is 16.3. The maximum Gasteiger partial charge on any atom is 0.219 e. The van der Waals surface area contributed by atoms with E-state index >= 15 is 0 Å². The second kappa shape index (κ2) is 10.5. The summed E-state index contributed by atoms with van der Waals surface area (Å²) in [7, 11) is 3.64. The Morgan fingerprint density at radius 1 is 1.24 bits per heavy atom. The summed E-state index contributed by atoms with van der Waals surface area (Å²) in [6, 6.07) is 0. The van der Waals surface area contributed by atoms with Crippen LogP contribution in [0.5, 0.6) is 0 Å². The highest BCUT2D eigenvalue weighted by Gasteiger charge is 2.14. The Kier molecular flexibility index (Phi) is 9.95. The highest BCUT2D eigenvalue weighted by Crippen LogP contribution is 2.09. The van der Waals surface area contributed by atoms with Gasteiger partial charge in [0.25, 0.3) is 0 Å². The van der Waals surface area contributed by atoms with Gasteiger partial charge in [-0.15, -0.1) is 0 Å². The molecule has 6 heteroatoms. The lowest BCUT2D eigenvalue weighted by atomic mass is 10.1. The number of amides is 1. The van der Waals surface area contributed by atoms with Crippen LogP contribution in [0.15, 0.2) is 0 Å². The topological polar surface area (TPSA) is 69.2 Å². The number of unbranched alkanes of at least 4 members (excludes halogenated alkanes) is 1. The van der Waals surface area contributed by atoms with Gasteiger partial charge in [0, 0.05) is 19.4 Å². The predicted molar refractivity (Wildman–Crippen MR) is 78.1 cm³/mol. The number of carbonyl (C=O) groups is 2. The Labute approximate surface area is 127 Å². The molecule has 0 aromatic rings. The first-order valence-corrected chi connectivity index (χ1v) is 7.69. The van der Waals surface area contributed by atoms with E-state index in [1.165, 1.54) is 0 Å². The first-order chi connectivity index (χ1) is 9.76. The van der Waals surface area contributed by atoms with Crippen LogP contribution in [0.4, 0.5) is 4.39 Å². The molecule has 1 N–H and O–H groups in total. The third-order valence-corrected chi connectivity index (χ3v) is 3.43. The molecule has 1 amide bonds. The van der Waals surface area contributed by atoms with Crippen LogP contribution in [0.3, 0.4) is 0 Å². The molecule has 0 aliphatic rings. The van der Waals surface area contributed by atoms with Crippen molar-refractivity contribution in [1.82, 2.24) is 5.32 Å². The number of nitrogens with one attached hydrogen (secondary N) is 1. The summed E-state index contributed by atoms with van der Waals surface area (Å²) in [5.41, 5.74) is 0. The number of aliphatic carboxylic acids is 1. The minimum atomic E-state index is -1.07. The van der Waals surface area contributed by atoms with Gasteiger partial charge in [0.15, 0.2) is 0 Å². The van der Waals surface area contributed by atoms with Gasteiger partial charge < -0.3 is 19.7 Å². The van der Waals surface area contributed by atoms with E-state index < -0.39 is 12.1 Å². The monoisotopic (exact) mass is 304 g/mol. The fraction of sp³-hybridized carbons (Fsp3) is 0.867. The summed E-state index contributed by atoms with van der Waals surface area (Å²) in [6.45, 7) is 2.98. The Hall–Kier alpha value is -1.17. The molecule has 0 aromatic heterocycles. The highest BCUT2D eigenvalue weighted by atomic mass is 19.1. The van der Waals surface area contributed by atoms with Crippen LogP contribution in [0, 0.1) is 0 Å². The SMILES string of the molecule is CCC(F)CCCCC(=O)NCCC[N+](C)(C)CC(=O)[O-]. The van der Waals surface area contributed by atoms with Gasteiger partial charge >= 0.3 is 0 Å². The van der Waals surface area contributed by atoms with Gasteiger partial charge in [-0.1, -0.05) is 13.3 Å². The molecule has 0 radical (unpaired) electrons. The number of nitrogens with zero attached hydrogens (tertiary/aromatic N) is 1. The molecule has 0 saturated heterocycles. The van der Waals surface area contributed by atoms with Crippen LogP contribution < -0.4 is 10.4 Å². The molecule has 0 aliphatic heterocycles. The molecular formula is C15H29FN2O3. The summed E-state index contributed by atoms with van der Waals surface area (Å²) >= 11 is 0. The molecular weight excluding hydrogens is 275 g/mol. The zero-order valence-corrected chi connectivity index (χ0v) is 13.5. The maximum absolute atomic E-state index is 13.0. The number of hydrogen-bond acceptors (Lipinski definition) is 3. The quantitative estimate of drug-likeness (QED) is 0.425. The molecule has 5 nitrogen and oxygen atoms in total. The molecule has 0 fully saturated rings. The van der Waals surface area contributed by atoms with Gasteiger partial charge in [-0.2, -0.15) is 0 Å². The molecule has 0 rings (SSSR count). The number of carboxylic acid groups (broad SMARTS) is 1. The van der Waals surface area contributed by atoms with E-state index in [1.54, 1.807) is 0 Å². The Morgan fingerprint density at radius 2 is 1.90 bits per heavy atom. The van der Waals surface area contributed by atoms with Crippen LogP contribution in [0.25, 0.3) is 0 Å². The lowest BCUT2D eigenvalue weighted by molar-refractivity contribution is -0.884. The summed E-state index contributed by atoms with van der Waals surface area (Å²) in [5, 5.41) is 13.4. The van der Waals surface area contributed by atoms with Crippen molar-refractivity contribution in [3.05, 3.63) is 0 Å². The van der Waals surface area contributed by atoms with Crippen LogP contribution in [0.2, 0.25) is 0 Å². The predicted octanol–water partition coefficient (Wildman–Crippen LogP) is 0.628. The van der Waals surface area contributed by atoms with E-state index in [2.05, 4.69) is 5.32 Å². The Bertz CT molecular complexity index is 322. The fourth-order valence-electron chi connectivity index (χ4n) is 2.11. The van der Waals surface area contributed by atoms with Crippen LogP contribution in [-0.4, -0.2) is 56.3 Å². The molecule has 21 heavy (non-hydrogen) atoms. The van der Waals surface area contributed by atoms with Crippen molar-refractivity contribution < 1.29 is 23.6 Å². The highest BCUT2D eigenvalue weighted by molar-refractivity contribution is 5.75. The average Bonchev–Trinajstić information content (AvgIpc) is 2.38. The van der Waals surface area contributed by atoms with Gasteiger partial charge in [0.1, 0.15) is 6.54 Å². The summed E-state index contributed by atoms with van der Waals surface area (Å²) in [4.78, 5) is 22.1. The second-order valence-electron chi connectivity index (χ2n) is 6.14. The molecule has 0 heterocycles. The Morgan fingerprint density at radius 3 is 2.48 bits per heavy atom. The third kappa shape index (κ3) is 12.3. The first kappa shape index (κ1) is 19.8. The molecule has 0 aromatic carbocycles. The first-order valence-electron chi connectivity index (χ1n) is 7.69. The fourth-order valence-corrected chi connectivity index (χ4v) is 2.11. The summed E-state index contributed by atoms with van der Waals surface area (Å²) in [6.07, 6.45) is 2.89. The van der Waals surface area contributed by atoms with Crippen LogP contribution >= 0.6 is 0 Å². The smallest absolute Gasteiger partial charge is 0.219 e. The van der Waals surface area contributed by atoms with E-state index in [1.807, 2.05) is 21.0 Å². The minimum absolute atomic E-state index is 0.0212. The van der Waals surface area contributed by atoms with Gasteiger partial charge in [-0.05, 0) is 19.3 Å². The maximum atomic E-state index is 13.0. The third-order valence-electron chi connectivity index (χ3n) is 3.43. The number of carbonyl (C=O) groups excluding carboxylic acids is 2. The van der Waals surface area contributed by atoms with Crippen molar-refractivity contribution >= 4 is 11.9 Å². The molecule has 1 atom stereocenters. The van der Waals surface area contributed by atoms with Crippen LogP contribution in [-0.2, 0) is 9.59 Å². The largest absolute Gasteiger partial charge is 0.544 e. The van der Waals surface area contributed by atoms with Gasteiger partial charge in [0.05, 0.1) is 32.8 Å². The second-order valence-corrected chi connectivity index (χ2v) is 6.14. The van der Waals surface area contributed by atoms with Crippen molar-refractivity contribution in [3.63, 3.8) is 0 Å². The van der Waals surface area contributed by atoms with E-state index in [-0.39, 0.29) is 12.5 Å². The average molecular weight is 304 g/mol. The molecule has 0 saturated carbocycles. The molecule has 124 valence electrons. The minimum Gasteiger partial charge on any atom is -0.544 e. The van der Waals surface area contributed by atoms with Crippen molar-refractivity contribution in [2.45, 2.75) is 51.6 Å². The lowest BCUT2D eigenvalue weighted by Gasteiger charge is -2.30. The molecule has 0 bridgehead atoms. The van der Waals surface area contributed by atoms with Crippen LogP contribution in [0.1, 0.15) is 45.4 Å². The van der Waals surface area contributed by atoms with Gasteiger partial charge in [0.2, 0.25) is 5.91 Å². The number of hydrogen-bond donors (Lipinski definition) is 1. The number of alkyl halides is 1. The van der Waals surface area contributed by atoms with Crippen molar-refractivity contribution in [1.29, 1.82) is 0 Å². The number of rotatable bonds is 12. The normalized spacial score (nSPS) is 13.0. The Balaban J connectivity index is 3.60. The number of likely N-dealkylation sites (N-methyl/N-ethyl adjacent to an activating group) is 1. The molecule has 0 spiro atoms. The van der Waals surface area contributed by atoms with Crippen molar-refractivity contribution in [3.8, 4) is 0 Å². The van der Waals surface area contributed by atoms with E-state index in [4.69, 9.17) is 0 Å². The van der Waals surface area contributed by atoms with Gasteiger partial charge in [-0.25, -0.2) is 4.39 Å². The summed E-state index contributed by atoms with van der Waals surface area (Å²) < 4.78 is 13.3.